The summed E-state index contributed by atoms with van der Waals surface area (Å²) in [5.41, 5.74) is 5.57. The highest BCUT2D eigenvalue weighted by molar-refractivity contribution is 7.98. The normalized spacial score (nSPS) is 9.69. The number of thioether (sulfide) groups is 1. The summed E-state index contributed by atoms with van der Waals surface area (Å²) in [4.78, 5) is 12.0. The van der Waals surface area contributed by atoms with E-state index in [1.807, 2.05) is 12.3 Å². The zero-order chi connectivity index (χ0) is 9.84. The summed E-state index contributed by atoms with van der Waals surface area (Å²) in [5.74, 6) is 0.0591. The Morgan fingerprint density at radius 2 is 2.23 bits per heavy atom. The van der Waals surface area contributed by atoms with E-state index >= 15 is 0 Å². The molecule has 13 heavy (non-hydrogen) atoms. The number of hydrogen-bond donors (Lipinski definition) is 1. The van der Waals surface area contributed by atoms with Crippen molar-refractivity contribution in [1.82, 2.24) is 0 Å². The maximum absolute atomic E-state index is 10.9. The zero-order valence-corrected chi connectivity index (χ0v) is 8.35. The van der Waals surface area contributed by atoms with Crippen LogP contribution in [0.3, 0.4) is 0 Å². The van der Waals surface area contributed by atoms with Crippen LogP contribution < -0.4 is 10.5 Å². The second-order valence-electron chi connectivity index (χ2n) is 2.43. The van der Waals surface area contributed by atoms with Gasteiger partial charge in [0.15, 0.2) is 0 Å². The lowest BCUT2D eigenvalue weighted by molar-refractivity contribution is 0.0997. The Balaban J connectivity index is 3.15. The Labute approximate surface area is 81.3 Å². The van der Waals surface area contributed by atoms with Crippen molar-refractivity contribution in [3.05, 3.63) is 23.8 Å². The highest BCUT2D eigenvalue weighted by Gasteiger charge is 2.08. The Bertz CT molecular complexity index is 325. The minimum Gasteiger partial charge on any atom is -0.496 e. The van der Waals surface area contributed by atoms with Gasteiger partial charge in [-0.25, -0.2) is 0 Å². The van der Waals surface area contributed by atoms with Gasteiger partial charge in [-0.2, -0.15) is 0 Å². The fraction of sp³-hybridized carbons (Fsp3) is 0.222. The van der Waals surface area contributed by atoms with E-state index in [9.17, 15) is 4.79 Å². The fourth-order valence-electron chi connectivity index (χ4n) is 1.00. The van der Waals surface area contributed by atoms with E-state index in [0.717, 1.165) is 4.90 Å². The number of nitrogens with two attached hydrogens (primary N) is 1. The topological polar surface area (TPSA) is 52.3 Å². The molecule has 70 valence electrons. The zero-order valence-electron chi connectivity index (χ0n) is 7.53. The second-order valence-corrected chi connectivity index (χ2v) is 3.31. The Morgan fingerprint density at radius 3 is 2.69 bits per heavy atom. The summed E-state index contributed by atoms with van der Waals surface area (Å²) >= 11 is 1.59. The monoisotopic (exact) mass is 197 g/mol. The van der Waals surface area contributed by atoms with Crippen LogP contribution in [-0.2, 0) is 0 Å². The van der Waals surface area contributed by atoms with Crippen LogP contribution in [0, 0.1) is 0 Å². The van der Waals surface area contributed by atoms with Crippen LogP contribution in [0.5, 0.6) is 5.75 Å². The molecule has 0 fully saturated rings. The molecule has 0 aliphatic rings. The Kier molecular flexibility index (Phi) is 3.19. The van der Waals surface area contributed by atoms with Gasteiger partial charge >= 0.3 is 0 Å². The molecule has 1 rings (SSSR count). The van der Waals surface area contributed by atoms with E-state index in [-0.39, 0.29) is 0 Å². The molecular weight excluding hydrogens is 186 g/mol. The Morgan fingerprint density at radius 1 is 1.54 bits per heavy atom. The maximum atomic E-state index is 10.9. The smallest absolute Gasteiger partial charge is 0.252 e. The first-order valence-corrected chi connectivity index (χ1v) is 4.93. The van der Waals surface area contributed by atoms with E-state index in [1.54, 1.807) is 23.9 Å². The van der Waals surface area contributed by atoms with E-state index in [0.29, 0.717) is 11.3 Å². The summed E-state index contributed by atoms with van der Waals surface area (Å²) in [6.45, 7) is 0. The van der Waals surface area contributed by atoms with Crippen molar-refractivity contribution in [2.24, 2.45) is 5.73 Å². The third-order valence-corrected chi connectivity index (χ3v) is 2.40. The molecule has 0 bridgehead atoms. The van der Waals surface area contributed by atoms with Gasteiger partial charge < -0.3 is 10.5 Å². The third kappa shape index (κ3) is 2.15. The number of amides is 1. The summed E-state index contributed by atoms with van der Waals surface area (Å²) in [5, 5.41) is 0. The van der Waals surface area contributed by atoms with Crippen molar-refractivity contribution in [2.75, 3.05) is 13.4 Å². The first kappa shape index (κ1) is 9.92. The van der Waals surface area contributed by atoms with Crippen molar-refractivity contribution in [2.45, 2.75) is 4.90 Å². The average molecular weight is 197 g/mol. The SMILES string of the molecule is COc1cc(SC)ccc1C(N)=O. The summed E-state index contributed by atoms with van der Waals surface area (Å²) in [7, 11) is 1.52. The quantitative estimate of drug-likeness (QED) is 0.747. The van der Waals surface area contributed by atoms with Crippen molar-refractivity contribution in [3.63, 3.8) is 0 Å². The van der Waals surface area contributed by atoms with E-state index in [1.165, 1.54) is 7.11 Å². The van der Waals surface area contributed by atoms with Crippen molar-refractivity contribution in [1.29, 1.82) is 0 Å². The number of carbonyl (C=O) groups excluding carboxylic acids is 1. The van der Waals surface area contributed by atoms with Crippen molar-refractivity contribution >= 4 is 17.7 Å². The number of ether oxygens (including phenoxy) is 1. The minimum atomic E-state index is -0.468. The van der Waals surface area contributed by atoms with Gasteiger partial charge in [-0.3, -0.25) is 4.79 Å². The lowest BCUT2D eigenvalue weighted by Crippen LogP contribution is -2.12. The molecule has 0 spiro atoms. The molecule has 4 heteroatoms. The molecule has 0 atom stereocenters. The first-order chi connectivity index (χ1) is 6.19. The third-order valence-electron chi connectivity index (χ3n) is 1.67. The molecule has 0 saturated heterocycles. The van der Waals surface area contributed by atoms with Gasteiger partial charge in [0, 0.05) is 4.90 Å². The largest absolute Gasteiger partial charge is 0.496 e. The summed E-state index contributed by atoms with van der Waals surface area (Å²) < 4.78 is 5.03. The van der Waals surface area contributed by atoms with E-state index in [4.69, 9.17) is 10.5 Å². The maximum Gasteiger partial charge on any atom is 0.252 e. The average Bonchev–Trinajstić information content (AvgIpc) is 2.16. The molecule has 1 aromatic carbocycles. The highest BCUT2D eigenvalue weighted by atomic mass is 32.2. The van der Waals surface area contributed by atoms with Gasteiger partial charge in [-0.15, -0.1) is 11.8 Å². The van der Waals surface area contributed by atoms with E-state index < -0.39 is 5.91 Å². The van der Waals surface area contributed by atoms with E-state index in [2.05, 4.69) is 0 Å². The molecule has 1 amide bonds. The first-order valence-electron chi connectivity index (χ1n) is 3.71. The molecule has 3 nitrogen and oxygen atoms in total. The molecule has 1 aromatic rings. The summed E-state index contributed by atoms with van der Waals surface area (Å²) in [6, 6.07) is 5.31. The van der Waals surface area contributed by atoms with Crippen LogP contribution in [0.4, 0.5) is 0 Å². The van der Waals surface area contributed by atoms with Crippen LogP contribution in [0.1, 0.15) is 10.4 Å². The number of benzene rings is 1. The van der Waals surface area contributed by atoms with Gasteiger partial charge in [0.1, 0.15) is 5.75 Å². The van der Waals surface area contributed by atoms with Gasteiger partial charge in [0.05, 0.1) is 12.7 Å². The lowest BCUT2D eigenvalue weighted by Gasteiger charge is -2.06. The molecule has 0 unspecified atom stereocenters. The highest BCUT2D eigenvalue weighted by Crippen LogP contribution is 2.24. The number of primary amides is 1. The molecule has 0 aliphatic heterocycles. The van der Waals surface area contributed by atoms with Crippen LogP contribution >= 0.6 is 11.8 Å². The standard InChI is InChI=1S/C9H11NO2S/c1-12-8-5-6(13-2)3-4-7(8)9(10)11/h3-5H,1-2H3,(H2,10,11). The van der Waals surface area contributed by atoms with Gasteiger partial charge in [0.25, 0.3) is 5.91 Å². The van der Waals surface area contributed by atoms with Crippen LogP contribution in [0.15, 0.2) is 23.1 Å². The second kappa shape index (κ2) is 4.18. The molecule has 0 radical (unpaired) electrons. The van der Waals surface area contributed by atoms with Crippen LogP contribution in [0.25, 0.3) is 0 Å². The van der Waals surface area contributed by atoms with Gasteiger partial charge in [0.2, 0.25) is 0 Å². The van der Waals surface area contributed by atoms with Crippen LogP contribution in [-0.4, -0.2) is 19.3 Å². The van der Waals surface area contributed by atoms with Crippen LogP contribution in [0.2, 0.25) is 0 Å². The molecular formula is C9H11NO2S. The number of rotatable bonds is 3. The molecule has 0 aliphatic carbocycles. The van der Waals surface area contributed by atoms with Gasteiger partial charge in [-0.05, 0) is 24.5 Å². The van der Waals surface area contributed by atoms with Crippen molar-refractivity contribution in [3.8, 4) is 5.75 Å². The Hall–Kier alpha value is -1.16. The molecule has 0 heterocycles. The van der Waals surface area contributed by atoms with Gasteiger partial charge in [-0.1, -0.05) is 0 Å². The predicted octanol–water partition coefficient (Wildman–Crippen LogP) is 1.52. The van der Waals surface area contributed by atoms with Crippen molar-refractivity contribution < 1.29 is 9.53 Å². The predicted molar refractivity (Wildman–Crippen MR) is 53.3 cm³/mol. The lowest BCUT2D eigenvalue weighted by atomic mass is 10.2. The fourth-order valence-corrected chi connectivity index (χ4v) is 1.43. The summed E-state index contributed by atoms with van der Waals surface area (Å²) in [6.07, 6.45) is 1.96. The number of carbonyl (C=O) groups is 1. The number of hydrogen-bond acceptors (Lipinski definition) is 3. The molecule has 0 aromatic heterocycles. The molecule has 0 saturated carbocycles. The minimum absolute atomic E-state index is 0.417. The number of methoxy groups -OCH3 is 1. The molecule has 2 N–H and O–H groups in total.